The summed E-state index contributed by atoms with van der Waals surface area (Å²) in [5.41, 5.74) is 2.89. The highest BCUT2D eigenvalue weighted by Crippen LogP contribution is 2.23. The van der Waals surface area contributed by atoms with E-state index in [1.165, 1.54) is 6.33 Å². The zero-order chi connectivity index (χ0) is 14.5. The van der Waals surface area contributed by atoms with Gasteiger partial charge in [0.25, 0.3) is 0 Å². The molecule has 100 valence electrons. The zero-order valence-corrected chi connectivity index (χ0v) is 11.5. The van der Waals surface area contributed by atoms with Crippen LogP contribution < -0.4 is 0 Å². The van der Waals surface area contributed by atoms with Crippen LogP contribution >= 0.6 is 0 Å². The molecule has 20 heavy (non-hydrogen) atoms. The third-order valence-electron chi connectivity index (χ3n) is 3.24. The van der Waals surface area contributed by atoms with E-state index < -0.39 is 0 Å². The van der Waals surface area contributed by atoms with E-state index in [-0.39, 0.29) is 11.8 Å². The predicted molar refractivity (Wildman–Crippen MR) is 73.6 cm³/mol. The second-order valence-electron chi connectivity index (χ2n) is 4.80. The minimum atomic E-state index is -0.199. The first-order chi connectivity index (χ1) is 9.63. The van der Waals surface area contributed by atoms with E-state index >= 15 is 0 Å². The van der Waals surface area contributed by atoms with Crippen molar-refractivity contribution in [3.8, 4) is 12.1 Å². The molecule has 5 nitrogen and oxygen atoms in total. The van der Waals surface area contributed by atoms with Crippen molar-refractivity contribution in [1.82, 2.24) is 14.8 Å². The lowest BCUT2D eigenvalue weighted by Crippen LogP contribution is -2.04. The molecule has 0 fully saturated rings. The smallest absolute Gasteiger partial charge is 0.137 e. The summed E-state index contributed by atoms with van der Waals surface area (Å²) in [6.45, 7) is 4.29. The average molecular weight is 265 g/mol. The Morgan fingerprint density at radius 2 is 1.70 bits per heavy atom. The van der Waals surface area contributed by atoms with Gasteiger partial charge >= 0.3 is 0 Å². The molecule has 0 amide bonds. The number of hydrogen-bond acceptors (Lipinski definition) is 4. The normalized spacial score (nSPS) is 13.2. The summed E-state index contributed by atoms with van der Waals surface area (Å²) in [5, 5.41) is 22.2. The van der Waals surface area contributed by atoms with Gasteiger partial charge in [0.2, 0.25) is 0 Å². The summed E-state index contributed by atoms with van der Waals surface area (Å²) in [6.07, 6.45) is 3.13. The molecule has 1 aromatic heterocycles. The van der Waals surface area contributed by atoms with E-state index in [9.17, 15) is 0 Å². The molecule has 2 atom stereocenters. The van der Waals surface area contributed by atoms with Gasteiger partial charge in [0.05, 0.1) is 30.5 Å². The van der Waals surface area contributed by atoms with E-state index in [0.717, 1.165) is 16.7 Å². The Morgan fingerprint density at radius 3 is 2.15 bits per heavy atom. The van der Waals surface area contributed by atoms with Crippen LogP contribution in [0.25, 0.3) is 0 Å². The van der Waals surface area contributed by atoms with Crippen molar-refractivity contribution < 1.29 is 0 Å². The van der Waals surface area contributed by atoms with Crippen molar-refractivity contribution in [3.05, 3.63) is 47.5 Å². The molecule has 0 aliphatic rings. The Bertz CT molecular complexity index is 622. The standard InChI is InChI=1S/C15H15N5/c1-11(6-16)14-3-13(8-20-10-18-9-19-20)4-15(5-14)12(2)7-17/h3-5,9-12H,8H2,1-2H3. The molecule has 0 aliphatic carbocycles. The Hall–Kier alpha value is -2.66. The van der Waals surface area contributed by atoms with Crippen LogP contribution in [0.3, 0.4) is 0 Å². The van der Waals surface area contributed by atoms with Gasteiger partial charge in [-0.1, -0.05) is 18.2 Å². The maximum atomic E-state index is 9.08. The van der Waals surface area contributed by atoms with E-state index in [0.29, 0.717) is 6.54 Å². The van der Waals surface area contributed by atoms with Gasteiger partial charge in [0, 0.05) is 0 Å². The van der Waals surface area contributed by atoms with Crippen LogP contribution in [0.1, 0.15) is 42.4 Å². The molecule has 0 spiro atoms. The fraction of sp³-hybridized carbons (Fsp3) is 0.333. The third-order valence-corrected chi connectivity index (χ3v) is 3.24. The summed E-state index contributed by atoms with van der Waals surface area (Å²) >= 11 is 0. The lowest BCUT2D eigenvalue weighted by molar-refractivity contribution is 0.682. The van der Waals surface area contributed by atoms with Crippen molar-refractivity contribution in [2.75, 3.05) is 0 Å². The highest BCUT2D eigenvalue weighted by Gasteiger charge is 2.11. The molecule has 0 aliphatic heterocycles. The van der Waals surface area contributed by atoms with Crippen LogP contribution in [0.15, 0.2) is 30.9 Å². The second kappa shape index (κ2) is 5.99. The Labute approximate surface area is 118 Å². The first-order valence-corrected chi connectivity index (χ1v) is 6.39. The molecule has 2 aromatic rings. The average Bonchev–Trinajstić information content (AvgIpc) is 2.98. The molecule has 5 heteroatoms. The number of aromatic nitrogens is 3. The van der Waals surface area contributed by atoms with Crippen LogP contribution in [0.5, 0.6) is 0 Å². The summed E-state index contributed by atoms with van der Waals surface area (Å²) in [6, 6.07) is 10.4. The highest BCUT2D eigenvalue weighted by atomic mass is 15.3. The number of nitriles is 2. The fourth-order valence-electron chi connectivity index (χ4n) is 1.99. The molecule has 0 N–H and O–H groups in total. The molecular formula is C15H15N5. The minimum Gasteiger partial charge on any atom is -0.249 e. The van der Waals surface area contributed by atoms with Gasteiger partial charge in [-0.15, -0.1) is 0 Å². The van der Waals surface area contributed by atoms with Crippen LogP contribution in [-0.4, -0.2) is 14.8 Å². The Balaban J connectivity index is 2.40. The Kier molecular flexibility index (Phi) is 4.12. The van der Waals surface area contributed by atoms with Gasteiger partial charge in [-0.25, -0.2) is 9.67 Å². The zero-order valence-electron chi connectivity index (χ0n) is 11.5. The van der Waals surface area contributed by atoms with Gasteiger partial charge in [0.15, 0.2) is 0 Å². The largest absolute Gasteiger partial charge is 0.249 e. The van der Waals surface area contributed by atoms with Gasteiger partial charge in [-0.2, -0.15) is 15.6 Å². The summed E-state index contributed by atoms with van der Waals surface area (Å²) < 4.78 is 1.72. The van der Waals surface area contributed by atoms with Crippen molar-refractivity contribution in [1.29, 1.82) is 10.5 Å². The first-order valence-electron chi connectivity index (χ1n) is 6.39. The molecule has 2 unspecified atom stereocenters. The van der Waals surface area contributed by atoms with Gasteiger partial charge < -0.3 is 0 Å². The van der Waals surface area contributed by atoms with Crippen LogP contribution in [0, 0.1) is 22.7 Å². The molecule has 0 saturated carbocycles. The predicted octanol–water partition coefficient (Wildman–Crippen LogP) is 2.58. The molecule has 1 aromatic carbocycles. The van der Waals surface area contributed by atoms with Crippen LogP contribution in [-0.2, 0) is 6.54 Å². The maximum Gasteiger partial charge on any atom is 0.137 e. The van der Waals surface area contributed by atoms with Crippen molar-refractivity contribution in [2.45, 2.75) is 32.2 Å². The van der Waals surface area contributed by atoms with Gasteiger partial charge in [-0.3, -0.25) is 0 Å². The molecule has 0 bridgehead atoms. The lowest BCUT2D eigenvalue weighted by atomic mass is 9.93. The molecule has 1 heterocycles. The van der Waals surface area contributed by atoms with Gasteiger partial charge in [0.1, 0.15) is 12.7 Å². The SMILES string of the molecule is CC(C#N)c1cc(Cn2cncn2)cc(C(C)C#N)c1. The summed E-state index contributed by atoms with van der Waals surface area (Å²) in [4.78, 5) is 3.91. The number of nitrogens with zero attached hydrogens (tertiary/aromatic N) is 5. The number of rotatable bonds is 4. The Morgan fingerprint density at radius 1 is 1.10 bits per heavy atom. The van der Waals surface area contributed by atoms with E-state index in [1.807, 2.05) is 32.0 Å². The van der Waals surface area contributed by atoms with Gasteiger partial charge in [-0.05, 0) is 30.5 Å². The minimum absolute atomic E-state index is 0.199. The first kappa shape index (κ1) is 13.8. The maximum absolute atomic E-state index is 9.08. The van der Waals surface area contributed by atoms with Crippen LogP contribution in [0.2, 0.25) is 0 Å². The van der Waals surface area contributed by atoms with E-state index in [2.05, 4.69) is 22.2 Å². The van der Waals surface area contributed by atoms with E-state index in [1.54, 1.807) is 11.0 Å². The third kappa shape index (κ3) is 3.02. The van der Waals surface area contributed by atoms with E-state index in [4.69, 9.17) is 10.5 Å². The fourth-order valence-corrected chi connectivity index (χ4v) is 1.99. The van der Waals surface area contributed by atoms with Crippen molar-refractivity contribution in [2.24, 2.45) is 0 Å². The second-order valence-corrected chi connectivity index (χ2v) is 4.80. The topological polar surface area (TPSA) is 78.3 Å². The summed E-state index contributed by atoms with van der Waals surface area (Å²) in [7, 11) is 0. The lowest BCUT2D eigenvalue weighted by Gasteiger charge is -2.12. The van der Waals surface area contributed by atoms with Crippen molar-refractivity contribution in [3.63, 3.8) is 0 Å². The highest BCUT2D eigenvalue weighted by molar-refractivity contribution is 5.37. The molecule has 0 saturated heterocycles. The van der Waals surface area contributed by atoms with Crippen LogP contribution in [0.4, 0.5) is 0 Å². The number of hydrogen-bond donors (Lipinski definition) is 0. The quantitative estimate of drug-likeness (QED) is 0.851. The molecular weight excluding hydrogens is 250 g/mol. The molecule has 0 radical (unpaired) electrons. The van der Waals surface area contributed by atoms with Crippen molar-refractivity contribution >= 4 is 0 Å². The molecule has 2 rings (SSSR count). The summed E-state index contributed by atoms with van der Waals surface area (Å²) in [5.74, 6) is -0.398. The number of benzene rings is 1. The monoisotopic (exact) mass is 265 g/mol.